The lowest BCUT2D eigenvalue weighted by molar-refractivity contribution is 0.151. The maximum absolute atomic E-state index is 12.5. The van der Waals surface area contributed by atoms with Crippen molar-refractivity contribution >= 4 is 0 Å². The molecular weight excluding hydrogens is 238 g/mol. The molecule has 1 aromatic rings. The molecule has 2 rings (SSSR count). The standard InChI is InChI=1S/C13H18F2N2O/c1-17-7-8(6-16)4-11(17)10-3-2-9(13(14)15)5-12(10)18/h2-3,5,8,11,13,18H,4,6-7,16H2,1H3. The van der Waals surface area contributed by atoms with E-state index in [1.807, 2.05) is 7.05 Å². The number of nitrogens with two attached hydrogens (primary N) is 1. The van der Waals surface area contributed by atoms with Crippen LogP contribution >= 0.6 is 0 Å². The highest BCUT2D eigenvalue weighted by atomic mass is 19.3. The maximum atomic E-state index is 12.5. The van der Waals surface area contributed by atoms with Crippen molar-refractivity contribution in [1.29, 1.82) is 0 Å². The van der Waals surface area contributed by atoms with E-state index in [9.17, 15) is 13.9 Å². The van der Waals surface area contributed by atoms with Crippen LogP contribution < -0.4 is 5.73 Å². The minimum absolute atomic E-state index is 0.0534. The first kappa shape index (κ1) is 13.2. The largest absolute Gasteiger partial charge is 0.508 e. The topological polar surface area (TPSA) is 49.5 Å². The van der Waals surface area contributed by atoms with E-state index in [2.05, 4.69) is 4.90 Å². The van der Waals surface area contributed by atoms with Crippen LogP contribution in [0.25, 0.3) is 0 Å². The summed E-state index contributed by atoms with van der Waals surface area (Å²) in [7, 11) is 1.96. The number of phenols is 1. The van der Waals surface area contributed by atoms with E-state index in [1.165, 1.54) is 6.07 Å². The van der Waals surface area contributed by atoms with Gasteiger partial charge in [0.05, 0.1) is 0 Å². The lowest BCUT2D eigenvalue weighted by atomic mass is 9.98. The highest BCUT2D eigenvalue weighted by molar-refractivity contribution is 5.39. The fourth-order valence-electron chi connectivity index (χ4n) is 2.62. The molecule has 0 radical (unpaired) electrons. The van der Waals surface area contributed by atoms with Crippen molar-refractivity contribution in [3.8, 4) is 5.75 Å². The Kier molecular flexibility index (Phi) is 3.82. The molecule has 1 aliphatic rings. The normalized spacial score (nSPS) is 24.9. The molecule has 1 aliphatic heterocycles. The molecule has 0 amide bonds. The Morgan fingerprint density at radius 1 is 1.50 bits per heavy atom. The third-order valence-corrected chi connectivity index (χ3v) is 3.63. The van der Waals surface area contributed by atoms with Gasteiger partial charge in [-0.1, -0.05) is 12.1 Å². The zero-order chi connectivity index (χ0) is 13.3. The highest BCUT2D eigenvalue weighted by Crippen LogP contribution is 2.39. The fourth-order valence-corrected chi connectivity index (χ4v) is 2.62. The van der Waals surface area contributed by atoms with Gasteiger partial charge in [0.2, 0.25) is 0 Å². The van der Waals surface area contributed by atoms with Crippen molar-refractivity contribution in [3.05, 3.63) is 29.3 Å². The number of phenolic OH excluding ortho intramolecular Hbond substituents is 1. The van der Waals surface area contributed by atoms with Crippen LogP contribution in [0.2, 0.25) is 0 Å². The van der Waals surface area contributed by atoms with Crippen LogP contribution in [0.3, 0.4) is 0 Å². The molecule has 0 bridgehead atoms. The average Bonchev–Trinajstić information content (AvgIpc) is 2.70. The van der Waals surface area contributed by atoms with Crippen LogP contribution in [0.1, 0.15) is 30.0 Å². The molecule has 0 aliphatic carbocycles. The maximum Gasteiger partial charge on any atom is 0.263 e. The molecule has 5 heteroatoms. The Morgan fingerprint density at radius 3 is 2.72 bits per heavy atom. The van der Waals surface area contributed by atoms with Crippen molar-refractivity contribution < 1.29 is 13.9 Å². The number of rotatable bonds is 3. The van der Waals surface area contributed by atoms with E-state index in [0.29, 0.717) is 18.0 Å². The van der Waals surface area contributed by atoms with Gasteiger partial charge in [-0.25, -0.2) is 8.78 Å². The SMILES string of the molecule is CN1CC(CN)CC1c1ccc(C(F)F)cc1O. The summed E-state index contributed by atoms with van der Waals surface area (Å²) in [5.74, 6) is 0.344. The average molecular weight is 256 g/mol. The second-order valence-electron chi connectivity index (χ2n) is 4.91. The summed E-state index contributed by atoms with van der Waals surface area (Å²) in [6.45, 7) is 1.48. The molecule has 100 valence electrons. The first-order chi connectivity index (χ1) is 8.52. The molecular formula is C13H18F2N2O. The third kappa shape index (κ3) is 2.47. The molecule has 1 fully saturated rings. The molecule has 1 aromatic carbocycles. The molecule has 18 heavy (non-hydrogen) atoms. The van der Waals surface area contributed by atoms with Gasteiger partial charge in [0.15, 0.2) is 0 Å². The van der Waals surface area contributed by atoms with Crippen LogP contribution in [0.5, 0.6) is 5.75 Å². The summed E-state index contributed by atoms with van der Waals surface area (Å²) in [5.41, 5.74) is 6.21. The van der Waals surface area contributed by atoms with E-state index < -0.39 is 6.43 Å². The molecule has 2 atom stereocenters. The van der Waals surface area contributed by atoms with Crippen LogP contribution in [0.15, 0.2) is 18.2 Å². The van der Waals surface area contributed by atoms with Gasteiger partial charge in [-0.2, -0.15) is 0 Å². The molecule has 0 aromatic heterocycles. The number of halogens is 2. The third-order valence-electron chi connectivity index (χ3n) is 3.63. The minimum atomic E-state index is -2.55. The summed E-state index contributed by atoms with van der Waals surface area (Å²) in [6, 6.07) is 4.19. The lowest BCUT2D eigenvalue weighted by Gasteiger charge is -2.21. The van der Waals surface area contributed by atoms with Gasteiger partial charge in [0, 0.05) is 23.7 Å². The lowest BCUT2D eigenvalue weighted by Crippen LogP contribution is -2.20. The van der Waals surface area contributed by atoms with Gasteiger partial charge in [-0.05, 0) is 32.0 Å². The predicted octanol–water partition coefficient (Wildman–Crippen LogP) is 2.28. The Morgan fingerprint density at radius 2 is 2.22 bits per heavy atom. The molecule has 0 saturated carbocycles. The van der Waals surface area contributed by atoms with Gasteiger partial charge in [0.25, 0.3) is 6.43 Å². The zero-order valence-electron chi connectivity index (χ0n) is 10.3. The number of aromatic hydroxyl groups is 1. The minimum Gasteiger partial charge on any atom is -0.508 e. The Bertz CT molecular complexity index is 425. The molecule has 1 heterocycles. The van der Waals surface area contributed by atoms with E-state index in [-0.39, 0.29) is 17.4 Å². The quantitative estimate of drug-likeness (QED) is 0.872. The highest BCUT2D eigenvalue weighted by Gasteiger charge is 2.31. The van der Waals surface area contributed by atoms with Crippen molar-refractivity contribution in [3.63, 3.8) is 0 Å². The first-order valence-corrected chi connectivity index (χ1v) is 6.04. The van der Waals surface area contributed by atoms with E-state index in [4.69, 9.17) is 5.73 Å². The molecule has 2 unspecified atom stereocenters. The van der Waals surface area contributed by atoms with E-state index >= 15 is 0 Å². The molecule has 0 spiro atoms. The Hall–Kier alpha value is -1.20. The summed E-state index contributed by atoms with van der Waals surface area (Å²) >= 11 is 0. The van der Waals surface area contributed by atoms with Crippen LogP contribution in [-0.2, 0) is 0 Å². The van der Waals surface area contributed by atoms with Gasteiger partial charge < -0.3 is 10.8 Å². The van der Waals surface area contributed by atoms with Crippen molar-refractivity contribution in [1.82, 2.24) is 4.90 Å². The first-order valence-electron chi connectivity index (χ1n) is 6.04. The van der Waals surface area contributed by atoms with Gasteiger partial charge in [-0.3, -0.25) is 4.90 Å². The summed E-state index contributed by atoms with van der Waals surface area (Å²) in [5, 5.41) is 9.89. The van der Waals surface area contributed by atoms with Gasteiger partial charge in [-0.15, -0.1) is 0 Å². The monoisotopic (exact) mass is 256 g/mol. The van der Waals surface area contributed by atoms with Crippen LogP contribution in [-0.4, -0.2) is 30.1 Å². The van der Waals surface area contributed by atoms with Crippen molar-refractivity contribution in [2.45, 2.75) is 18.9 Å². The smallest absolute Gasteiger partial charge is 0.263 e. The summed E-state index contributed by atoms with van der Waals surface area (Å²) in [6.07, 6.45) is -1.70. The molecule has 3 nitrogen and oxygen atoms in total. The van der Waals surface area contributed by atoms with Crippen LogP contribution in [0.4, 0.5) is 8.78 Å². The summed E-state index contributed by atoms with van der Waals surface area (Å²) < 4.78 is 25.0. The van der Waals surface area contributed by atoms with Gasteiger partial charge in [0.1, 0.15) is 5.75 Å². The Balaban J connectivity index is 2.24. The number of hydrogen-bond donors (Lipinski definition) is 2. The predicted molar refractivity (Wildman–Crippen MR) is 65.6 cm³/mol. The zero-order valence-corrected chi connectivity index (χ0v) is 10.3. The molecule has 3 N–H and O–H groups in total. The summed E-state index contributed by atoms with van der Waals surface area (Å²) in [4.78, 5) is 2.11. The number of alkyl halides is 2. The number of likely N-dealkylation sites (tertiary alicyclic amines) is 1. The van der Waals surface area contributed by atoms with Gasteiger partial charge >= 0.3 is 0 Å². The number of benzene rings is 1. The second-order valence-corrected chi connectivity index (χ2v) is 4.91. The molecule has 1 saturated heterocycles. The Labute approximate surface area is 105 Å². The van der Waals surface area contributed by atoms with Crippen LogP contribution in [0, 0.1) is 5.92 Å². The number of hydrogen-bond acceptors (Lipinski definition) is 3. The van der Waals surface area contributed by atoms with Crippen molar-refractivity contribution in [2.75, 3.05) is 20.1 Å². The van der Waals surface area contributed by atoms with E-state index in [0.717, 1.165) is 19.0 Å². The van der Waals surface area contributed by atoms with Crippen molar-refractivity contribution in [2.24, 2.45) is 11.7 Å². The second kappa shape index (κ2) is 5.20. The number of nitrogens with zero attached hydrogens (tertiary/aromatic N) is 1. The van der Waals surface area contributed by atoms with E-state index in [1.54, 1.807) is 6.07 Å². The fraction of sp³-hybridized carbons (Fsp3) is 0.538.